The molecule has 9 heteroatoms. The fraction of sp³-hybridized carbons (Fsp3) is 0.235. The molecule has 3 aromatic rings. The van der Waals surface area contributed by atoms with Crippen LogP contribution in [0.5, 0.6) is 0 Å². The highest BCUT2D eigenvalue weighted by Crippen LogP contribution is 2.22. The molecule has 0 unspecified atom stereocenters. The zero-order valence-electron chi connectivity index (χ0n) is 13.7. The summed E-state index contributed by atoms with van der Waals surface area (Å²) in [6.07, 6.45) is 1.96. The molecule has 0 bridgehead atoms. The minimum atomic E-state index is -0.468. The number of nitro benzene ring substituents is 1. The van der Waals surface area contributed by atoms with Crippen molar-refractivity contribution in [3.63, 3.8) is 0 Å². The molecule has 0 aliphatic heterocycles. The topological polar surface area (TPSA) is 122 Å². The van der Waals surface area contributed by atoms with Crippen LogP contribution in [0.1, 0.15) is 18.1 Å². The number of nitriles is 1. The summed E-state index contributed by atoms with van der Waals surface area (Å²) in [5.41, 5.74) is 0.596. The summed E-state index contributed by atoms with van der Waals surface area (Å²) in [4.78, 5) is 12.2. The van der Waals surface area contributed by atoms with Crippen molar-refractivity contribution in [1.82, 2.24) is 15.1 Å². The van der Waals surface area contributed by atoms with Crippen molar-refractivity contribution >= 4 is 5.69 Å². The van der Waals surface area contributed by atoms with E-state index < -0.39 is 4.92 Å². The molecule has 2 heterocycles. The Morgan fingerprint density at radius 1 is 1.19 bits per heavy atom. The molecule has 1 aromatic carbocycles. The van der Waals surface area contributed by atoms with Crippen molar-refractivity contribution in [2.45, 2.75) is 19.5 Å². The summed E-state index contributed by atoms with van der Waals surface area (Å²) in [7, 11) is 0. The number of hydrogen-bond acceptors (Lipinski definition) is 8. The Labute approximate surface area is 148 Å². The molecule has 132 valence electrons. The molecule has 0 radical (unpaired) electrons. The van der Waals surface area contributed by atoms with Crippen LogP contribution in [0.3, 0.4) is 0 Å². The van der Waals surface area contributed by atoms with Crippen molar-refractivity contribution in [2.24, 2.45) is 0 Å². The lowest BCUT2D eigenvalue weighted by Gasteiger charge is -2.17. The quantitative estimate of drug-likeness (QED) is 0.447. The summed E-state index contributed by atoms with van der Waals surface area (Å²) >= 11 is 0. The average Bonchev–Trinajstić information content (AvgIpc) is 3.32. The van der Waals surface area contributed by atoms with Crippen LogP contribution in [0.2, 0.25) is 0 Å². The van der Waals surface area contributed by atoms with Crippen LogP contribution in [-0.2, 0) is 13.1 Å². The van der Waals surface area contributed by atoms with Gasteiger partial charge in [0.25, 0.3) is 5.69 Å². The van der Waals surface area contributed by atoms with E-state index in [9.17, 15) is 10.1 Å². The maximum Gasteiger partial charge on any atom is 0.269 e. The first-order chi connectivity index (χ1) is 12.7. The van der Waals surface area contributed by atoms with Gasteiger partial charge in [0, 0.05) is 30.7 Å². The second-order valence-electron chi connectivity index (χ2n) is 5.50. The highest BCUT2D eigenvalue weighted by Gasteiger charge is 2.15. The lowest BCUT2D eigenvalue weighted by molar-refractivity contribution is -0.384. The van der Waals surface area contributed by atoms with Crippen LogP contribution in [-0.4, -0.2) is 26.6 Å². The Kier molecular flexibility index (Phi) is 5.36. The minimum absolute atomic E-state index is 0.00499. The van der Waals surface area contributed by atoms with Gasteiger partial charge in [-0.1, -0.05) is 0 Å². The van der Waals surface area contributed by atoms with Gasteiger partial charge in [-0.3, -0.25) is 15.0 Å². The lowest BCUT2D eigenvalue weighted by atomic mass is 10.2. The van der Waals surface area contributed by atoms with Crippen LogP contribution < -0.4 is 0 Å². The number of nitrogens with zero attached hydrogens (tertiary/aromatic N) is 5. The number of nitro groups is 1. The third-order valence-electron chi connectivity index (χ3n) is 3.65. The average molecular weight is 353 g/mol. The summed E-state index contributed by atoms with van der Waals surface area (Å²) in [5, 5.41) is 27.5. The van der Waals surface area contributed by atoms with Crippen LogP contribution >= 0.6 is 0 Å². The van der Waals surface area contributed by atoms with E-state index in [1.54, 1.807) is 24.5 Å². The molecule has 2 aromatic heterocycles. The fourth-order valence-electron chi connectivity index (χ4n) is 2.40. The monoisotopic (exact) mass is 353 g/mol. The SMILES string of the molecule is N#CCCN(Cc1ccco1)Cc1nnc(-c2ccc([N+](=O)[O-])cc2)o1. The van der Waals surface area contributed by atoms with Gasteiger partial charge in [-0.2, -0.15) is 5.26 Å². The van der Waals surface area contributed by atoms with Crippen molar-refractivity contribution in [1.29, 1.82) is 5.26 Å². The Morgan fingerprint density at radius 2 is 2.00 bits per heavy atom. The molecule has 9 nitrogen and oxygen atoms in total. The van der Waals surface area contributed by atoms with Crippen molar-refractivity contribution < 1.29 is 13.8 Å². The van der Waals surface area contributed by atoms with Gasteiger partial charge < -0.3 is 8.83 Å². The van der Waals surface area contributed by atoms with Crippen molar-refractivity contribution in [3.8, 4) is 17.5 Å². The molecular formula is C17H15N5O4. The van der Waals surface area contributed by atoms with E-state index in [4.69, 9.17) is 14.1 Å². The number of rotatable bonds is 8. The third kappa shape index (κ3) is 4.31. The number of aromatic nitrogens is 2. The van der Waals surface area contributed by atoms with E-state index in [1.807, 2.05) is 11.0 Å². The standard InChI is InChI=1S/C17H15N5O4/c18-8-2-9-21(11-15-3-1-10-25-15)12-16-19-20-17(26-16)13-4-6-14(7-5-13)22(23)24/h1,3-7,10H,2,9,11-12H2. The Hall–Kier alpha value is -3.51. The summed E-state index contributed by atoms with van der Waals surface area (Å²) in [5.74, 6) is 1.45. The van der Waals surface area contributed by atoms with Crippen LogP contribution in [0.25, 0.3) is 11.5 Å². The summed E-state index contributed by atoms with van der Waals surface area (Å²) in [6, 6.07) is 11.7. The van der Waals surface area contributed by atoms with Gasteiger partial charge in [0.1, 0.15) is 5.76 Å². The predicted octanol–water partition coefficient (Wildman–Crippen LogP) is 3.15. The predicted molar refractivity (Wildman–Crippen MR) is 89.4 cm³/mol. The van der Waals surface area contributed by atoms with Gasteiger partial charge in [0.2, 0.25) is 11.8 Å². The molecule has 3 rings (SSSR count). The highest BCUT2D eigenvalue weighted by molar-refractivity contribution is 5.55. The number of benzene rings is 1. The fourth-order valence-corrected chi connectivity index (χ4v) is 2.40. The van der Waals surface area contributed by atoms with Gasteiger partial charge in [-0.25, -0.2) is 0 Å². The second kappa shape index (κ2) is 8.04. The second-order valence-corrected chi connectivity index (χ2v) is 5.50. The molecule has 0 amide bonds. The maximum atomic E-state index is 10.7. The van der Waals surface area contributed by atoms with Crippen LogP contribution in [0.4, 0.5) is 5.69 Å². The number of non-ortho nitro benzene ring substituents is 1. The first-order valence-electron chi connectivity index (χ1n) is 7.84. The van der Waals surface area contributed by atoms with E-state index in [2.05, 4.69) is 16.3 Å². The van der Waals surface area contributed by atoms with Gasteiger partial charge in [0.05, 0.1) is 30.3 Å². The number of hydrogen-bond donors (Lipinski definition) is 0. The van der Waals surface area contributed by atoms with E-state index in [-0.39, 0.29) is 11.6 Å². The Balaban J connectivity index is 1.70. The van der Waals surface area contributed by atoms with Crippen LogP contribution in [0, 0.1) is 21.4 Å². The molecule has 0 aliphatic carbocycles. The van der Waals surface area contributed by atoms with E-state index in [1.165, 1.54) is 12.1 Å². The van der Waals surface area contributed by atoms with Gasteiger partial charge in [-0.15, -0.1) is 10.2 Å². The number of furan rings is 1. The van der Waals surface area contributed by atoms with E-state index in [0.717, 1.165) is 5.76 Å². The molecule has 0 N–H and O–H groups in total. The zero-order chi connectivity index (χ0) is 18.4. The summed E-state index contributed by atoms with van der Waals surface area (Å²) in [6.45, 7) is 1.42. The Bertz CT molecular complexity index is 896. The Morgan fingerprint density at radius 3 is 2.65 bits per heavy atom. The molecule has 0 atom stereocenters. The van der Waals surface area contributed by atoms with E-state index in [0.29, 0.717) is 37.5 Å². The molecule has 0 aliphatic rings. The first-order valence-corrected chi connectivity index (χ1v) is 7.84. The summed E-state index contributed by atoms with van der Waals surface area (Å²) < 4.78 is 11.0. The van der Waals surface area contributed by atoms with E-state index >= 15 is 0 Å². The molecule has 0 fully saturated rings. The van der Waals surface area contributed by atoms with Gasteiger partial charge in [-0.05, 0) is 24.3 Å². The maximum absolute atomic E-state index is 10.7. The van der Waals surface area contributed by atoms with Crippen molar-refractivity contribution in [2.75, 3.05) is 6.54 Å². The molecule has 0 saturated carbocycles. The molecule has 0 saturated heterocycles. The van der Waals surface area contributed by atoms with Gasteiger partial charge in [0.15, 0.2) is 0 Å². The minimum Gasteiger partial charge on any atom is -0.468 e. The van der Waals surface area contributed by atoms with Crippen molar-refractivity contribution in [3.05, 3.63) is 64.4 Å². The molecular weight excluding hydrogens is 338 g/mol. The largest absolute Gasteiger partial charge is 0.468 e. The highest BCUT2D eigenvalue weighted by atomic mass is 16.6. The van der Waals surface area contributed by atoms with Crippen LogP contribution in [0.15, 0.2) is 51.5 Å². The third-order valence-corrected chi connectivity index (χ3v) is 3.65. The molecule has 0 spiro atoms. The normalized spacial score (nSPS) is 10.8. The molecule has 26 heavy (non-hydrogen) atoms. The van der Waals surface area contributed by atoms with Gasteiger partial charge >= 0.3 is 0 Å². The smallest absolute Gasteiger partial charge is 0.269 e. The zero-order valence-corrected chi connectivity index (χ0v) is 13.7. The lowest BCUT2D eigenvalue weighted by Crippen LogP contribution is -2.23. The first kappa shape index (κ1) is 17.3.